The van der Waals surface area contributed by atoms with E-state index in [0.29, 0.717) is 24.5 Å². The minimum atomic E-state index is -1.08. The van der Waals surface area contributed by atoms with Crippen molar-refractivity contribution in [1.82, 2.24) is 15.1 Å². The molecule has 8 nitrogen and oxygen atoms in total. The Hall–Kier alpha value is -3.55. The van der Waals surface area contributed by atoms with Gasteiger partial charge in [0.25, 0.3) is 5.91 Å². The smallest absolute Gasteiger partial charge is 0.325 e. The number of benzene rings is 2. The average Bonchev–Trinajstić information content (AvgIpc) is 3.44. The fraction of sp³-hybridized carbons (Fsp3) is 0.423. The summed E-state index contributed by atoms with van der Waals surface area (Å²) < 4.78 is 10.9. The average molecular weight is 464 g/mol. The predicted octanol–water partition coefficient (Wildman–Crippen LogP) is 3.15. The molecule has 0 aromatic heterocycles. The van der Waals surface area contributed by atoms with Crippen LogP contribution in [0.4, 0.5) is 4.79 Å². The highest BCUT2D eigenvalue weighted by Crippen LogP contribution is 2.41. The van der Waals surface area contributed by atoms with Crippen LogP contribution in [0.5, 0.6) is 11.5 Å². The van der Waals surface area contributed by atoms with Crippen LogP contribution in [0.25, 0.3) is 0 Å². The molecule has 1 aliphatic carbocycles. The highest BCUT2D eigenvalue weighted by molar-refractivity contribution is 6.09. The van der Waals surface area contributed by atoms with Gasteiger partial charge < -0.3 is 19.7 Å². The number of urea groups is 1. The summed E-state index contributed by atoms with van der Waals surface area (Å²) in [5.74, 6) is 0.769. The van der Waals surface area contributed by atoms with Gasteiger partial charge in [0.2, 0.25) is 5.91 Å². The molecule has 1 spiro atoms. The Balaban J connectivity index is 1.39. The van der Waals surface area contributed by atoms with E-state index in [4.69, 9.17) is 9.47 Å². The summed E-state index contributed by atoms with van der Waals surface area (Å²) in [7, 11) is 3.20. The van der Waals surface area contributed by atoms with Crippen molar-refractivity contribution in [2.45, 2.75) is 43.7 Å². The van der Waals surface area contributed by atoms with E-state index < -0.39 is 11.6 Å². The Morgan fingerprint density at radius 2 is 1.94 bits per heavy atom. The molecule has 2 aromatic carbocycles. The van der Waals surface area contributed by atoms with E-state index in [1.807, 2.05) is 42.5 Å². The number of imide groups is 1. The van der Waals surface area contributed by atoms with E-state index in [0.717, 1.165) is 47.3 Å². The summed E-state index contributed by atoms with van der Waals surface area (Å²) in [6, 6.07) is 12.6. The molecule has 0 bridgehead atoms. The van der Waals surface area contributed by atoms with Crippen molar-refractivity contribution in [3.63, 3.8) is 0 Å². The summed E-state index contributed by atoms with van der Waals surface area (Å²) in [6.07, 6.45) is 3.81. The van der Waals surface area contributed by atoms with Crippen LogP contribution in [0.3, 0.4) is 0 Å². The Labute approximate surface area is 198 Å². The number of hydrogen-bond donors (Lipinski definition) is 1. The summed E-state index contributed by atoms with van der Waals surface area (Å²) in [5.41, 5.74) is 1.70. The number of hydrogen-bond acceptors (Lipinski definition) is 5. The van der Waals surface area contributed by atoms with Crippen molar-refractivity contribution in [2.24, 2.45) is 0 Å². The third-order valence-electron chi connectivity index (χ3n) is 7.31. The number of carbonyl (C=O) groups excluding carboxylic acids is 3. The van der Waals surface area contributed by atoms with Gasteiger partial charge in [-0.3, -0.25) is 14.5 Å². The van der Waals surface area contributed by atoms with Crippen LogP contribution in [-0.4, -0.2) is 55.0 Å². The first-order valence-electron chi connectivity index (χ1n) is 11.7. The second-order valence-electron chi connectivity index (χ2n) is 9.09. The van der Waals surface area contributed by atoms with Gasteiger partial charge in [0.05, 0.1) is 20.3 Å². The number of carbonyl (C=O) groups is 3. The van der Waals surface area contributed by atoms with Gasteiger partial charge in [-0.2, -0.15) is 0 Å². The number of methoxy groups -OCH3 is 2. The summed E-state index contributed by atoms with van der Waals surface area (Å²) in [6.45, 7) is 0.277. The third-order valence-corrected chi connectivity index (χ3v) is 7.31. The lowest BCUT2D eigenvalue weighted by Gasteiger charge is -2.33. The van der Waals surface area contributed by atoms with Crippen LogP contribution < -0.4 is 14.8 Å². The zero-order chi connectivity index (χ0) is 23.9. The molecule has 2 aromatic rings. The highest BCUT2D eigenvalue weighted by atomic mass is 16.5. The second-order valence-corrected chi connectivity index (χ2v) is 9.09. The van der Waals surface area contributed by atoms with Crippen LogP contribution in [0.2, 0.25) is 0 Å². The third kappa shape index (κ3) is 3.48. The Morgan fingerprint density at radius 3 is 2.74 bits per heavy atom. The molecule has 2 atom stereocenters. The van der Waals surface area contributed by atoms with Crippen molar-refractivity contribution >= 4 is 17.8 Å². The van der Waals surface area contributed by atoms with Crippen LogP contribution in [-0.2, 0) is 21.5 Å². The van der Waals surface area contributed by atoms with Crippen LogP contribution in [0.1, 0.15) is 48.4 Å². The molecule has 2 aliphatic heterocycles. The predicted molar refractivity (Wildman–Crippen MR) is 125 cm³/mol. The van der Waals surface area contributed by atoms with Gasteiger partial charge in [-0.25, -0.2) is 4.79 Å². The minimum absolute atomic E-state index is 0.206. The summed E-state index contributed by atoms with van der Waals surface area (Å²) in [4.78, 5) is 42.8. The van der Waals surface area contributed by atoms with Gasteiger partial charge in [0.15, 0.2) is 0 Å². The van der Waals surface area contributed by atoms with Crippen molar-refractivity contribution < 1.29 is 23.9 Å². The number of aryl methyl sites for hydroxylation is 1. The minimum Gasteiger partial charge on any atom is -0.497 e. The molecule has 34 heavy (non-hydrogen) atoms. The molecule has 0 unspecified atom stereocenters. The van der Waals surface area contributed by atoms with Gasteiger partial charge in [0.1, 0.15) is 23.6 Å². The first kappa shape index (κ1) is 22.3. The van der Waals surface area contributed by atoms with Crippen molar-refractivity contribution in [2.75, 3.05) is 27.3 Å². The molecule has 2 fully saturated rings. The lowest BCUT2D eigenvalue weighted by molar-refractivity contribution is -0.140. The highest BCUT2D eigenvalue weighted by Gasteiger charge is 2.54. The Morgan fingerprint density at radius 1 is 1.12 bits per heavy atom. The normalized spacial score (nSPS) is 23.8. The zero-order valence-corrected chi connectivity index (χ0v) is 19.5. The SMILES string of the molecule is COc1ccc(OC)c([C@H]2CCCN2C(=O)CN2C(=O)N[C@]3(CCCc4ccccc43)C2=O)c1. The molecule has 2 heterocycles. The number of ether oxygens (including phenoxy) is 2. The Kier molecular flexibility index (Phi) is 5.67. The first-order chi connectivity index (χ1) is 16.5. The molecule has 8 heteroatoms. The van der Waals surface area contributed by atoms with Crippen molar-refractivity contribution in [3.8, 4) is 11.5 Å². The number of rotatable bonds is 5. The van der Waals surface area contributed by atoms with Crippen LogP contribution in [0.15, 0.2) is 42.5 Å². The molecule has 1 N–H and O–H groups in total. The van der Waals surface area contributed by atoms with E-state index in [2.05, 4.69) is 5.32 Å². The molecule has 178 valence electrons. The maximum absolute atomic E-state index is 13.6. The molecule has 3 aliphatic rings. The monoisotopic (exact) mass is 463 g/mol. The quantitative estimate of drug-likeness (QED) is 0.689. The topological polar surface area (TPSA) is 88.2 Å². The largest absolute Gasteiger partial charge is 0.497 e. The van der Waals surface area contributed by atoms with Gasteiger partial charge >= 0.3 is 6.03 Å². The fourth-order valence-corrected chi connectivity index (χ4v) is 5.67. The van der Waals surface area contributed by atoms with Gasteiger partial charge in [-0.1, -0.05) is 24.3 Å². The van der Waals surface area contributed by atoms with E-state index in [-0.39, 0.29) is 24.4 Å². The van der Waals surface area contributed by atoms with Crippen molar-refractivity contribution in [3.05, 3.63) is 59.2 Å². The maximum atomic E-state index is 13.6. The molecular formula is C26H29N3O5. The van der Waals surface area contributed by atoms with Crippen LogP contribution >= 0.6 is 0 Å². The fourth-order valence-electron chi connectivity index (χ4n) is 5.67. The summed E-state index contributed by atoms with van der Waals surface area (Å²) >= 11 is 0. The number of amides is 4. The second kappa shape index (κ2) is 8.66. The van der Waals surface area contributed by atoms with E-state index in [9.17, 15) is 14.4 Å². The van der Waals surface area contributed by atoms with E-state index >= 15 is 0 Å². The molecule has 4 amide bonds. The van der Waals surface area contributed by atoms with Crippen LogP contribution in [0, 0.1) is 0 Å². The molecule has 2 saturated heterocycles. The number of fused-ring (bicyclic) bond motifs is 2. The van der Waals surface area contributed by atoms with E-state index in [1.165, 1.54) is 0 Å². The van der Waals surface area contributed by atoms with Gasteiger partial charge in [-0.05, 0) is 61.4 Å². The van der Waals surface area contributed by atoms with Gasteiger partial charge in [-0.15, -0.1) is 0 Å². The Bertz CT molecular complexity index is 1150. The zero-order valence-electron chi connectivity index (χ0n) is 19.5. The number of nitrogens with one attached hydrogen (secondary N) is 1. The van der Waals surface area contributed by atoms with E-state index in [1.54, 1.807) is 19.1 Å². The standard InChI is InChI=1S/C26H29N3O5/c1-33-18-11-12-22(34-2)19(15-18)21-10-6-14-28(21)23(30)16-29-24(31)26(27-25(29)32)13-5-8-17-7-3-4-9-20(17)26/h3-4,7,9,11-12,15,21H,5-6,8,10,13-14,16H2,1-2H3,(H,27,32)/t21-,26+/m1/s1. The van der Waals surface area contributed by atoms with Crippen molar-refractivity contribution in [1.29, 1.82) is 0 Å². The molecule has 5 rings (SSSR count). The maximum Gasteiger partial charge on any atom is 0.325 e. The lowest BCUT2D eigenvalue weighted by Crippen LogP contribution is -2.47. The molecule has 0 saturated carbocycles. The first-order valence-corrected chi connectivity index (χ1v) is 11.7. The number of likely N-dealkylation sites (tertiary alicyclic amines) is 1. The molecule has 0 radical (unpaired) electrons. The lowest BCUT2D eigenvalue weighted by atomic mass is 9.76. The molecular weight excluding hydrogens is 434 g/mol. The summed E-state index contributed by atoms with van der Waals surface area (Å²) in [5, 5.41) is 2.93. The van der Waals surface area contributed by atoms with Gasteiger partial charge in [0, 0.05) is 12.1 Å². The number of nitrogens with zero attached hydrogens (tertiary/aromatic N) is 2.